The number of ether oxygens (including phenoxy) is 2. The molecule has 1 aromatic heterocycles. The van der Waals surface area contributed by atoms with Crippen LogP contribution in [0.1, 0.15) is 56.7 Å². The highest BCUT2D eigenvalue weighted by Crippen LogP contribution is 2.43. The molecular formula is C31H29N3O5S. The number of thioether (sulfide) groups is 1. The van der Waals surface area contributed by atoms with Gasteiger partial charge < -0.3 is 19.1 Å². The second kappa shape index (κ2) is 11.0. The number of nitrogens with zero attached hydrogens (tertiary/aromatic N) is 3. The molecule has 1 fully saturated rings. The maximum Gasteiger partial charge on any atom is 0.266 e. The number of imide groups is 1. The van der Waals surface area contributed by atoms with Crippen molar-refractivity contribution in [1.29, 1.82) is 0 Å². The zero-order valence-electron chi connectivity index (χ0n) is 22.1. The van der Waals surface area contributed by atoms with E-state index in [9.17, 15) is 14.7 Å². The zero-order chi connectivity index (χ0) is 27.8. The number of benzene rings is 3. The Balaban J connectivity index is 1.26. The van der Waals surface area contributed by atoms with E-state index in [0.717, 1.165) is 21.8 Å². The van der Waals surface area contributed by atoms with Gasteiger partial charge in [0.1, 0.15) is 0 Å². The van der Waals surface area contributed by atoms with Crippen LogP contribution < -0.4 is 4.90 Å². The van der Waals surface area contributed by atoms with Gasteiger partial charge in [-0.15, -0.1) is 0 Å². The van der Waals surface area contributed by atoms with Gasteiger partial charge in [-0.3, -0.25) is 9.59 Å². The number of hydrogen-bond acceptors (Lipinski definition) is 7. The van der Waals surface area contributed by atoms with E-state index in [4.69, 9.17) is 9.47 Å². The van der Waals surface area contributed by atoms with Crippen LogP contribution >= 0.6 is 11.8 Å². The van der Waals surface area contributed by atoms with Gasteiger partial charge in [-0.1, -0.05) is 67.2 Å². The maximum absolute atomic E-state index is 12.9. The minimum atomic E-state index is -0.651. The number of aromatic nitrogens is 2. The molecule has 9 heteroatoms. The van der Waals surface area contributed by atoms with E-state index in [1.54, 1.807) is 54.4 Å². The molecule has 8 nitrogen and oxygen atoms in total. The predicted octanol–water partition coefficient (Wildman–Crippen LogP) is 5.30. The minimum absolute atomic E-state index is 0.0184. The highest BCUT2D eigenvalue weighted by atomic mass is 32.2. The molecule has 204 valence electrons. The molecule has 2 aliphatic rings. The molecule has 0 spiro atoms. The normalized spacial score (nSPS) is 22.5. The first kappa shape index (κ1) is 26.5. The number of aryl methyl sites for hydroxylation is 1. The Hall–Kier alpha value is -3.76. The fourth-order valence-electron chi connectivity index (χ4n) is 5.16. The maximum atomic E-state index is 12.9. The quantitative estimate of drug-likeness (QED) is 0.244. The molecule has 6 rings (SSSR count). The van der Waals surface area contributed by atoms with E-state index in [-0.39, 0.29) is 36.5 Å². The summed E-state index contributed by atoms with van der Waals surface area (Å²) in [5.41, 5.74) is 3.95. The summed E-state index contributed by atoms with van der Waals surface area (Å²) in [6.07, 6.45) is 2.66. The summed E-state index contributed by atoms with van der Waals surface area (Å²) < 4.78 is 15.0. The van der Waals surface area contributed by atoms with Crippen LogP contribution in [0.5, 0.6) is 0 Å². The van der Waals surface area contributed by atoms with Gasteiger partial charge in [0.05, 0.1) is 35.6 Å². The summed E-state index contributed by atoms with van der Waals surface area (Å²) in [7, 11) is 1.97. The Bertz CT molecular complexity index is 1500. The van der Waals surface area contributed by atoms with E-state index in [0.29, 0.717) is 22.6 Å². The number of aliphatic hydroxyl groups is 1. The van der Waals surface area contributed by atoms with E-state index in [1.807, 2.05) is 54.2 Å². The molecule has 0 saturated carbocycles. The molecule has 4 atom stereocenters. The van der Waals surface area contributed by atoms with Crippen LogP contribution in [0.2, 0.25) is 0 Å². The number of imidazole rings is 1. The van der Waals surface area contributed by atoms with Crippen LogP contribution in [0.4, 0.5) is 5.69 Å². The van der Waals surface area contributed by atoms with Crippen LogP contribution in [-0.4, -0.2) is 38.3 Å². The summed E-state index contributed by atoms with van der Waals surface area (Å²) in [5.74, 6) is 0.0707. The lowest BCUT2D eigenvalue weighted by Crippen LogP contribution is -2.38. The van der Waals surface area contributed by atoms with Gasteiger partial charge in [0.25, 0.3) is 11.8 Å². The molecule has 40 heavy (non-hydrogen) atoms. The minimum Gasteiger partial charge on any atom is -0.392 e. The van der Waals surface area contributed by atoms with Gasteiger partial charge in [0, 0.05) is 36.7 Å². The standard InChI is InChI=1S/C31H29N3O5S/c1-19-26(18-40-31-32-15-16-33(31)2)38-30(39-27(19)21-9-7-20(17-35)8-10-21)22-11-13-23(14-12-22)34-28(36)24-5-3-4-6-25(24)29(34)37/h3-16,19,26-27,30,35H,17-18H2,1-2H3/t19-,26+,27+,30+/m1/s1. The van der Waals surface area contributed by atoms with Gasteiger partial charge in [-0.05, 0) is 35.4 Å². The van der Waals surface area contributed by atoms with Gasteiger partial charge in [-0.2, -0.15) is 0 Å². The average molecular weight is 556 g/mol. The number of rotatable bonds is 7. The lowest BCUT2D eigenvalue weighted by atomic mass is 9.91. The first-order chi connectivity index (χ1) is 19.4. The van der Waals surface area contributed by atoms with Crippen molar-refractivity contribution in [2.24, 2.45) is 13.0 Å². The molecule has 3 heterocycles. The zero-order valence-corrected chi connectivity index (χ0v) is 23.0. The molecule has 1 N–H and O–H groups in total. The van der Waals surface area contributed by atoms with Gasteiger partial charge in [-0.25, -0.2) is 9.88 Å². The fraction of sp³-hybridized carbons (Fsp3) is 0.258. The molecule has 2 amide bonds. The number of aliphatic hydroxyl groups excluding tert-OH is 1. The molecule has 0 bridgehead atoms. The van der Waals surface area contributed by atoms with Crippen LogP contribution in [-0.2, 0) is 23.1 Å². The van der Waals surface area contributed by atoms with Crippen LogP contribution in [0, 0.1) is 5.92 Å². The third-order valence-corrected chi connectivity index (χ3v) is 8.64. The van der Waals surface area contributed by atoms with E-state index in [1.165, 1.54) is 4.90 Å². The second-order valence-electron chi connectivity index (χ2n) is 10.0. The highest BCUT2D eigenvalue weighted by molar-refractivity contribution is 7.99. The summed E-state index contributed by atoms with van der Waals surface area (Å²) in [4.78, 5) is 31.5. The summed E-state index contributed by atoms with van der Waals surface area (Å²) in [6.45, 7) is 2.10. The van der Waals surface area contributed by atoms with Crippen molar-refractivity contribution >= 4 is 29.3 Å². The van der Waals surface area contributed by atoms with Crippen molar-refractivity contribution in [1.82, 2.24) is 9.55 Å². The monoisotopic (exact) mass is 555 g/mol. The van der Waals surface area contributed by atoms with E-state index in [2.05, 4.69) is 11.9 Å². The Labute approximate surface area is 236 Å². The Kier molecular flexibility index (Phi) is 7.29. The Morgan fingerprint density at radius 1 is 0.900 bits per heavy atom. The van der Waals surface area contributed by atoms with E-state index >= 15 is 0 Å². The number of carbonyl (C=O) groups is 2. The molecule has 1 saturated heterocycles. The fourth-order valence-corrected chi connectivity index (χ4v) is 6.26. The van der Waals surface area contributed by atoms with Crippen molar-refractivity contribution in [3.05, 3.63) is 113 Å². The number of carbonyl (C=O) groups excluding carboxylic acids is 2. The largest absolute Gasteiger partial charge is 0.392 e. The van der Waals surface area contributed by atoms with Crippen molar-refractivity contribution in [2.45, 2.75) is 37.2 Å². The van der Waals surface area contributed by atoms with Gasteiger partial charge in [0.15, 0.2) is 11.4 Å². The third-order valence-electron chi connectivity index (χ3n) is 7.49. The molecule has 0 aliphatic carbocycles. The highest BCUT2D eigenvalue weighted by Gasteiger charge is 2.39. The third kappa shape index (κ3) is 4.86. The number of amides is 2. The molecular weight excluding hydrogens is 526 g/mol. The van der Waals surface area contributed by atoms with Crippen LogP contribution in [0.15, 0.2) is 90.3 Å². The molecule has 0 radical (unpaired) electrons. The van der Waals surface area contributed by atoms with Crippen molar-refractivity contribution in [3.8, 4) is 0 Å². The second-order valence-corrected chi connectivity index (χ2v) is 11.0. The summed E-state index contributed by atoms with van der Waals surface area (Å²) in [5, 5.41) is 10.4. The first-order valence-electron chi connectivity index (χ1n) is 13.1. The Morgan fingerprint density at radius 3 is 2.15 bits per heavy atom. The molecule has 0 unspecified atom stereocenters. The molecule has 3 aromatic carbocycles. The number of fused-ring (bicyclic) bond motifs is 1. The lowest BCUT2D eigenvalue weighted by Gasteiger charge is -2.41. The SMILES string of the molecule is C[C@@H]1[C@H](CSc2nccn2C)O[C@H](c2ccc(N3C(=O)c4ccccc4C3=O)cc2)O[C@@H]1c1ccc(CO)cc1. The molecule has 4 aromatic rings. The van der Waals surface area contributed by atoms with E-state index < -0.39 is 6.29 Å². The smallest absolute Gasteiger partial charge is 0.266 e. The van der Waals surface area contributed by atoms with Crippen molar-refractivity contribution in [2.75, 3.05) is 10.7 Å². The predicted molar refractivity (Wildman–Crippen MR) is 151 cm³/mol. The lowest BCUT2D eigenvalue weighted by molar-refractivity contribution is -0.268. The summed E-state index contributed by atoms with van der Waals surface area (Å²) in [6, 6.07) is 21.8. The average Bonchev–Trinajstić information content (AvgIpc) is 3.52. The van der Waals surface area contributed by atoms with Gasteiger partial charge in [0.2, 0.25) is 0 Å². The van der Waals surface area contributed by atoms with Gasteiger partial charge >= 0.3 is 0 Å². The first-order valence-corrected chi connectivity index (χ1v) is 14.1. The van der Waals surface area contributed by atoms with Crippen molar-refractivity contribution in [3.63, 3.8) is 0 Å². The van der Waals surface area contributed by atoms with Crippen LogP contribution in [0.25, 0.3) is 0 Å². The molecule has 2 aliphatic heterocycles. The number of anilines is 1. The topological polar surface area (TPSA) is 93.9 Å². The number of hydrogen-bond donors (Lipinski definition) is 1. The van der Waals surface area contributed by atoms with Crippen LogP contribution in [0.3, 0.4) is 0 Å². The summed E-state index contributed by atoms with van der Waals surface area (Å²) >= 11 is 1.63. The Morgan fingerprint density at radius 2 is 1.55 bits per heavy atom. The van der Waals surface area contributed by atoms with Crippen molar-refractivity contribution < 1.29 is 24.2 Å².